The van der Waals surface area contributed by atoms with Gasteiger partial charge < -0.3 is 20.1 Å². The molecule has 1 aliphatic rings. The van der Waals surface area contributed by atoms with Crippen LogP contribution in [-0.2, 0) is 36.1 Å². The van der Waals surface area contributed by atoms with Gasteiger partial charge in [-0.1, -0.05) is 54.1 Å². The van der Waals surface area contributed by atoms with Gasteiger partial charge in [-0.2, -0.15) is 8.42 Å². The molecule has 4 N–H and O–H groups in total. The third-order valence-corrected chi connectivity index (χ3v) is 10.9. The number of carbonyl (C=O) groups excluding carboxylic acids is 2. The number of esters is 1. The number of ether oxygens (including phenoxy) is 1. The Morgan fingerprint density at radius 3 is 2.30 bits per heavy atom. The molecule has 256 valence electrons. The van der Waals surface area contributed by atoms with Crippen LogP contribution in [0.3, 0.4) is 0 Å². The highest BCUT2D eigenvalue weighted by molar-refractivity contribution is 7.91. The van der Waals surface area contributed by atoms with Gasteiger partial charge in [0.05, 0.1) is 27.4 Å². The molecule has 0 bridgehead atoms. The van der Waals surface area contributed by atoms with Crippen LogP contribution in [0.15, 0.2) is 93.4 Å². The van der Waals surface area contributed by atoms with Crippen LogP contribution in [0, 0.1) is 0 Å². The van der Waals surface area contributed by atoms with Crippen molar-refractivity contribution >= 4 is 71.6 Å². The van der Waals surface area contributed by atoms with Gasteiger partial charge in [0.25, 0.3) is 15.7 Å². The van der Waals surface area contributed by atoms with E-state index in [0.717, 1.165) is 6.07 Å². The Labute approximate surface area is 289 Å². The lowest BCUT2D eigenvalue weighted by atomic mass is 9.81. The molecular weight excluding hydrogens is 712 g/mol. The zero-order chi connectivity index (χ0) is 36.0. The summed E-state index contributed by atoms with van der Waals surface area (Å²) in [5.41, 5.74) is -1.74. The van der Waals surface area contributed by atoms with Crippen LogP contribution >= 0.6 is 11.6 Å². The van der Waals surface area contributed by atoms with E-state index in [2.05, 4.69) is 10.3 Å². The van der Waals surface area contributed by atoms with Crippen LogP contribution in [0.1, 0.15) is 44.7 Å². The predicted octanol–water partition coefficient (Wildman–Crippen LogP) is 5.38. The van der Waals surface area contributed by atoms with Crippen molar-refractivity contribution in [3.8, 4) is 11.1 Å². The van der Waals surface area contributed by atoms with Gasteiger partial charge in [-0.25, -0.2) is 13.2 Å². The first-order valence-corrected chi connectivity index (χ1v) is 18.2. The number of H-pyrrole nitrogens is 1. The number of rotatable bonds is 11. The normalized spacial score (nSPS) is 12.4. The molecule has 5 aromatic rings. The van der Waals surface area contributed by atoms with Gasteiger partial charge in [0.15, 0.2) is 15.6 Å². The minimum Gasteiger partial charge on any atom is -0.481 e. The van der Waals surface area contributed by atoms with E-state index in [4.69, 9.17) is 21.4 Å². The van der Waals surface area contributed by atoms with Crippen LogP contribution in [0.4, 0.5) is 11.4 Å². The summed E-state index contributed by atoms with van der Waals surface area (Å²) >= 11 is 6.04. The molecule has 0 saturated heterocycles. The standard InChI is InChI=1S/C34H25ClN2O11S2/c35-19-7-3-6-18(14-19)17-48-34(42)30-27-22-10-1-2-11-23(22)32(40)28-24(16-25(50(45,46)47)31(29(27)28)37-33(30)41)36-20-8-4-9-21(15-20)49(43,44)13-5-12-26(38)39/h1-4,6-11,14-16,36H,5,12-13,17H2,(H,37,41)(H,38,39)(H,45,46,47). The second-order valence-corrected chi connectivity index (χ2v) is 15.2. The predicted molar refractivity (Wildman–Crippen MR) is 182 cm³/mol. The molecule has 1 aromatic heterocycles. The summed E-state index contributed by atoms with van der Waals surface area (Å²) in [6.45, 7) is -0.281. The maximum absolute atomic E-state index is 14.2. The minimum atomic E-state index is -5.10. The Bertz CT molecular complexity index is 2550. The van der Waals surface area contributed by atoms with Gasteiger partial charge in [-0.05, 0) is 53.9 Å². The van der Waals surface area contributed by atoms with Crippen LogP contribution in [0.5, 0.6) is 0 Å². The second-order valence-electron chi connectivity index (χ2n) is 11.3. The number of nitrogens with one attached hydrogen (secondary N) is 2. The lowest BCUT2D eigenvalue weighted by Gasteiger charge is -2.25. The fourth-order valence-electron chi connectivity index (χ4n) is 5.78. The molecule has 1 aliphatic carbocycles. The summed E-state index contributed by atoms with van der Waals surface area (Å²) in [6.07, 6.45) is -0.499. The number of sulfone groups is 1. The summed E-state index contributed by atoms with van der Waals surface area (Å²) in [6, 6.07) is 18.8. The average Bonchev–Trinajstić information content (AvgIpc) is 3.05. The Morgan fingerprint density at radius 2 is 1.60 bits per heavy atom. The number of fused-ring (bicyclic) bond motifs is 2. The lowest BCUT2D eigenvalue weighted by Crippen LogP contribution is -2.25. The molecule has 0 aliphatic heterocycles. The smallest absolute Gasteiger partial charge is 0.344 e. The highest BCUT2D eigenvalue weighted by Gasteiger charge is 2.36. The number of aromatic amines is 1. The van der Waals surface area contributed by atoms with Crippen LogP contribution in [0.2, 0.25) is 5.02 Å². The van der Waals surface area contributed by atoms with E-state index in [-0.39, 0.29) is 63.4 Å². The van der Waals surface area contributed by atoms with Gasteiger partial charge in [0, 0.05) is 33.6 Å². The first-order chi connectivity index (χ1) is 23.7. The Hall–Kier alpha value is -5.35. The van der Waals surface area contributed by atoms with Crippen molar-refractivity contribution in [2.75, 3.05) is 11.1 Å². The molecule has 6 rings (SSSR count). The molecule has 16 heteroatoms. The van der Waals surface area contributed by atoms with E-state index in [1.165, 1.54) is 36.4 Å². The van der Waals surface area contributed by atoms with E-state index in [0.29, 0.717) is 10.6 Å². The summed E-state index contributed by atoms with van der Waals surface area (Å²) in [4.78, 5) is 53.7. The number of benzene rings is 4. The Morgan fingerprint density at radius 1 is 0.880 bits per heavy atom. The number of hydrogen-bond donors (Lipinski definition) is 4. The molecule has 0 amide bonds. The Balaban J connectivity index is 1.55. The molecule has 50 heavy (non-hydrogen) atoms. The molecule has 1 heterocycles. The van der Waals surface area contributed by atoms with E-state index in [1.54, 1.807) is 36.4 Å². The molecular formula is C34H25ClN2O11S2. The van der Waals surface area contributed by atoms with Crippen LogP contribution < -0.4 is 10.9 Å². The van der Waals surface area contributed by atoms with Gasteiger partial charge in [0.2, 0.25) is 0 Å². The number of anilines is 2. The summed E-state index contributed by atoms with van der Waals surface area (Å²) in [7, 11) is -9.05. The molecule has 0 fully saturated rings. The number of halogens is 1. The molecule has 4 aromatic carbocycles. The van der Waals surface area contributed by atoms with E-state index < -0.39 is 65.0 Å². The number of hydrogen-bond acceptors (Lipinski definition) is 10. The highest BCUT2D eigenvalue weighted by atomic mass is 35.5. The summed E-state index contributed by atoms with van der Waals surface area (Å²) in [5, 5.41) is 12.0. The molecule has 0 unspecified atom stereocenters. The van der Waals surface area contributed by atoms with Crippen molar-refractivity contribution in [3.63, 3.8) is 0 Å². The maximum Gasteiger partial charge on any atom is 0.344 e. The number of ketones is 1. The molecule has 0 radical (unpaired) electrons. The van der Waals surface area contributed by atoms with Crippen molar-refractivity contribution < 1.29 is 45.6 Å². The van der Waals surface area contributed by atoms with E-state index in [9.17, 15) is 40.6 Å². The quantitative estimate of drug-likeness (QED) is 0.0975. The number of aliphatic carboxylic acids is 1. The van der Waals surface area contributed by atoms with Crippen LogP contribution in [0.25, 0.3) is 22.0 Å². The van der Waals surface area contributed by atoms with E-state index >= 15 is 0 Å². The first kappa shape index (κ1) is 34.5. The number of carboxylic acids is 1. The van der Waals surface area contributed by atoms with Crippen molar-refractivity contribution in [1.82, 2.24) is 4.98 Å². The third kappa shape index (κ3) is 6.63. The zero-order valence-corrected chi connectivity index (χ0v) is 28.0. The van der Waals surface area contributed by atoms with Crippen molar-refractivity contribution in [2.45, 2.75) is 29.2 Å². The van der Waals surface area contributed by atoms with Crippen molar-refractivity contribution in [2.24, 2.45) is 0 Å². The topological polar surface area (TPSA) is 214 Å². The van der Waals surface area contributed by atoms with Gasteiger partial charge >= 0.3 is 11.9 Å². The van der Waals surface area contributed by atoms with Crippen molar-refractivity contribution in [1.29, 1.82) is 0 Å². The number of carbonyl (C=O) groups is 3. The monoisotopic (exact) mass is 736 g/mol. The minimum absolute atomic E-state index is 0.0632. The molecule has 13 nitrogen and oxygen atoms in total. The Kier molecular flexibility index (Phi) is 9.09. The van der Waals surface area contributed by atoms with E-state index in [1.807, 2.05) is 0 Å². The maximum atomic E-state index is 14.2. The molecule has 0 saturated carbocycles. The summed E-state index contributed by atoms with van der Waals surface area (Å²) in [5.74, 6) is -3.34. The SMILES string of the molecule is O=C(O)CCCS(=O)(=O)c1cccc(Nc2cc(S(=O)(=O)O)c3[nH]c(=O)c(C(=O)OCc4cccc(Cl)c4)c4c3c2C(=O)c2ccccc2-4)c1. The fraction of sp³-hybridized carbons (Fsp3) is 0.118. The molecule has 0 atom stereocenters. The highest BCUT2D eigenvalue weighted by Crippen LogP contribution is 2.45. The first-order valence-electron chi connectivity index (χ1n) is 14.8. The largest absolute Gasteiger partial charge is 0.481 e. The van der Waals surface area contributed by atoms with Gasteiger partial charge in [-0.3, -0.25) is 18.9 Å². The average molecular weight is 737 g/mol. The fourth-order valence-corrected chi connectivity index (χ4v) is 8.03. The number of carboxylic acid groups (broad SMARTS) is 1. The van der Waals surface area contributed by atoms with Crippen LogP contribution in [-0.4, -0.2) is 55.0 Å². The zero-order valence-electron chi connectivity index (χ0n) is 25.6. The van der Waals surface area contributed by atoms with Gasteiger partial charge in [-0.15, -0.1) is 0 Å². The van der Waals surface area contributed by atoms with Crippen molar-refractivity contribution in [3.05, 3.63) is 116 Å². The third-order valence-electron chi connectivity index (χ3n) is 7.94. The lowest BCUT2D eigenvalue weighted by molar-refractivity contribution is -0.137. The number of pyridine rings is 1. The second kappa shape index (κ2) is 13.2. The summed E-state index contributed by atoms with van der Waals surface area (Å²) < 4.78 is 67.2. The molecule has 0 spiro atoms. The van der Waals surface area contributed by atoms with Gasteiger partial charge in [0.1, 0.15) is 17.1 Å². The number of aromatic nitrogens is 1.